The van der Waals surface area contributed by atoms with Crippen LogP contribution in [-0.4, -0.2) is 22.1 Å². The molecule has 1 aliphatic carbocycles. The summed E-state index contributed by atoms with van der Waals surface area (Å²) in [4.78, 5) is 4.64. The number of imidazole rings is 1. The summed E-state index contributed by atoms with van der Waals surface area (Å²) in [5.41, 5.74) is 1.32. The second kappa shape index (κ2) is 6.19. The zero-order chi connectivity index (χ0) is 15.8. The molecule has 3 nitrogen and oxygen atoms in total. The number of benzene rings is 1. The van der Waals surface area contributed by atoms with E-state index in [1.807, 2.05) is 0 Å². The normalized spacial score (nSPS) is 22.4. The molecule has 1 aliphatic heterocycles. The molecule has 23 heavy (non-hydrogen) atoms. The van der Waals surface area contributed by atoms with Gasteiger partial charge in [0.2, 0.25) is 0 Å². The SMILES string of the molecule is Fc1cc2nc(C3CCC3)n(CCC3CCCCN3)c2cc1F. The first-order valence-corrected chi connectivity index (χ1v) is 8.81. The molecule has 1 aromatic carbocycles. The van der Waals surface area contributed by atoms with Crippen molar-refractivity contribution in [3.8, 4) is 0 Å². The van der Waals surface area contributed by atoms with Gasteiger partial charge >= 0.3 is 0 Å². The number of halogens is 2. The highest BCUT2D eigenvalue weighted by atomic mass is 19.2. The number of aromatic nitrogens is 2. The summed E-state index contributed by atoms with van der Waals surface area (Å²) >= 11 is 0. The molecule has 2 heterocycles. The summed E-state index contributed by atoms with van der Waals surface area (Å²) in [5.74, 6) is -0.120. The molecule has 1 unspecified atom stereocenters. The molecule has 2 aliphatic rings. The number of rotatable bonds is 4. The second-order valence-corrected chi connectivity index (χ2v) is 6.94. The lowest BCUT2D eigenvalue weighted by Crippen LogP contribution is -2.34. The van der Waals surface area contributed by atoms with Crippen LogP contribution in [0.1, 0.15) is 56.7 Å². The Hall–Kier alpha value is -1.49. The molecule has 1 atom stereocenters. The highest BCUT2D eigenvalue weighted by Gasteiger charge is 2.26. The first kappa shape index (κ1) is 15.1. The molecule has 5 heteroatoms. The fourth-order valence-corrected chi connectivity index (χ4v) is 3.81. The van der Waals surface area contributed by atoms with Crippen LogP contribution in [0, 0.1) is 11.6 Å². The molecule has 0 amide bonds. The Morgan fingerprint density at radius 2 is 1.91 bits per heavy atom. The van der Waals surface area contributed by atoms with Gasteiger partial charge in [-0.3, -0.25) is 0 Å². The minimum Gasteiger partial charge on any atom is -0.328 e. The molecule has 4 rings (SSSR count). The molecular weight excluding hydrogens is 296 g/mol. The lowest BCUT2D eigenvalue weighted by atomic mass is 9.85. The zero-order valence-electron chi connectivity index (χ0n) is 13.3. The third-order valence-electron chi connectivity index (χ3n) is 5.40. The van der Waals surface area contributed by atoms with Gasteiger partial charge in [0.05, 0.1) is 11.0 Å². The number of nitrogens with one attached hydrogen (secondary N) is 1. The van der Waals surface area contributed by atoms with Gasteiger partial charge < -0.3 is 9.88 Å². The summed E-state index contributed by atoms with van der Waals surface area (Å²) in [6.45, 7) is 1.91. The average molecular weight is 319 g/mol. The van der Waals surface area contributed by atoms with E-state index in [1.54, 1.807) is 0 Å². The number of piperidine rings is 1. The molecule has 1 aromatic heterocycles. The van der Waals surface area contributed by atoms with Crippen molar-refractivity contribution in [3.63, 3.8) is 0 Å². The Balaban J connectivity index is 1.65. The van der Waals surface area contributed by atoms with E-state index in [2.05, 4.69) is 14.9 Å². The van der Waals surface area contributed by atoms with E-state index in [-0.39, 0.29) is 0 Å². The fraction of sp³-hybridized carbons (Fsp3) is 0.611. The smallest absolute Gasteiger partial charge is 0.161 e. The van der Waals surface area contributed by atoms with Gasteiger partial charge in [0.15, 0.2) is 11.6 Å². The van der Waals surface area contributed by atoms with Gasteiger partial charge in [0.25, 0.3) is 0 Å². The maximum absolute atomic E-state index is 13.7. The van der Waals surface area contributed by atoms with Crippen molar-refractivity contribution in [3.05, 3.63) is 29.6 Å². The first-order chi connectivity index (χ1) is 11.2. The molecule has 1 N–H and O–H groups in total. The monoisotopic (exact) mass is 319 g/mol. The van der Waals surface area contributed by atoms with E-state index < -0.39 is 11.6 Å². The van der Waals surface area contributed by atoms with Gasteiger partial charge in [-0.05, 0) is 38.6 Å². The predicted molar refractivity (Wildman–Crippen MR) is 86.5 cm³/mol. The van der Waals surface area contributed by atoms with Crippen LogP contribution in [0.15, 0.2) is 12.1 Å². The van der Waals surface area contributed by atoms with Crippen molar-refractivity contribution < 1.29 is 8.78 Å². The van der Waals surface area contributed by atoms with Crippen molar-refractivity contribution in [1.29, 1.82) is 0 Å². The van der Waals surface area contributed by atoms with Crippen molar-refractivity contribution in [2.75, 3.05) is 6.54 Å². The van der Waals surface area contributed by atoms with Crippen LogP contribution in [0.2, 0.25) is 0 Å². The molecule has 1 saturated carbocycles. The van der Waals surface area contributed by atoms with E-state index in [0.717, 1.165) is 43.7 Å². The second-order valence-electron chi connectivity index (χ2n) is 6.94. The average Bonchev–Trinajstić information content (AvgIpc) is 2.82. The van der Waals surface area contributed by atoms with Crippen LogP contribution in [0.25, 0.3) is 11.0 Å². The van der Waals surface area contributed by atoms with Crippen LogP contribution in [0.3, 0.4) is 0 Å². The Morgan fingerprint density at radius 3 is 2.61 bits per heavy atom. The fourth-order valence-electron chi connectivity index (χ4n) is 3.81. The quantitative estimate of drug-likeness (QED) is 0.919. The third-order valence-corrected chi connectivity index (χ3v) is 5.40. The molecule has 0 spiro atoms. The van der Waals surface area contributed by atoms with Crippen LogP contribution >= 0.6 is 0 Å². The van der Waals surface area contributed by atoms with Crippen molar-refractivity contribution in [2.24, 2.45) is 0 Å². The molecule has 2 fully saturated rings. The van der Waals surface area contributed by atoms with Gasteiger partial charge in [0.1, 0.15) is 5.82 Å². The summed E-state index contributed by atoms with van der Waals surface area (Å²) in [5, 5.41) is 3.56. The minimum absolute atomic E-state index is 0.452. The Kier molecular flexibility index (Phi) is 4.05. The molecule has 0 bridgehead atoms. The largest absolute Gasteiger partial charge is 0.328 e. The van der Waals surface area contributed by atoms with Crippen LogP contribution < -0.4 is 5.32 Å². The topological polar surface area (TPSA) is 29.9 Å². The van der Waals surface area contributed by atoms with E-state index in [0.29, 0.717) is 17.5 Å². The maximum Gasteiger partial charge on any atom is 0.161 e. The van der Waals surface area contributed by atoms with Crippen LogP contribution in [0.4, 0.5) is 8.78 Å². The van der Waals surface area contributed by atoms with E-state index in [4.69, 9.17) is 0 Å². The lowest BCUT2D eigenvalue weighted by molar-refractivity contribution is 0.352. The van der Waals surface area contributed by atoms with E-state index in [9.17, 15) is 8.78 Å². The van der Waals surface area contributed by atoms with Crippen LogP contribution in [0.5, 0.6) is 0 Å². The summed E-state index contributed by atoms with van der Waals surface area (Å²) in [6.07, 6.45) is 8.24. The summed E-state index contributed by atoms with van der Waals surface area (Å²) < 4.78 is 29.4. The van der Waals surface area contributed by atoms with Gasteiger partial charge in [-0.1, -0.05) is 12.8 Å². The summed E-state index contributed by atoms with van der Waals surface area (Å²) in [6, 6.07) is 3.08. The van der Waals surface area contributed by atoms with E-state index >= 15 is 0 Å². The van der Waals surface area contributed by atoms with Crippen molar-refractivity contribution in [2.45, 2.75) is 63.5 Å². The molecular formula is C18H23F2N3. The predicted octanol–water partition coefficient (Wildman–Crippen LogP) is 4.11. The number of hydrogen-bond acceptors (Lipinski definition) is 2. The van der Waals surface area contributed by atoms with Gasteiger partial charge in [-0.2, -0.15) is 0 Å². The standard InChI is InChI=1S/C18H23F2N3/c19-14-10-16-17(11-15(14)20)23(18(22-16)12-4-3-5-12)9-7-13-6-1-2-8-21-13/h10-13,21H,1-9H2. The number of hydrogen-bond donors (Lipinski definition) is 1. The Bertz CT molecular complexity index is 700. The van der Waals surface area contributed by atoms with Crippen molar-refractivity contribution in [1.82, 2.24) is 14.9 Å². The molecule has 2 aromatic rings. The first-order valence-electron chi connectivity index (χ1n) is 8.81. The number of fused-ring (bicyclic) bond motifs is 1. The Labute approximate surface area is 135 Å². The molecule has 0 radical (unpaired) electrons. The number of nitrogens with zero attached hydrogens (tertiary/aromatic N) is 2. The van der Waals surface area contributed by atoms with Gasteiger partial charge in [-0.25, -0.2) is 13.8 Å². The lowest BCUT2D eigenvalue weighted by Gasteiger charge is -2.27. The molecule has 1 saturated heterocycles. The molecule has 124 valence electrons. The summed E-state index contributed by atoms with van der Waals surface area (Å²) in [7, 11) is 0. The van der Waals surface area contributed by atoms with Gasteiger partial charge in [0, 0.05) is 30.6 Å². The number of aryl methyl sites for hydroxylation is 1. The highest BCUT2D eigenvalue weighted by Crippen LogP contribution is 2.37. The zero-order valence-corrected chi connectivity index (χ0v) is 13.3. The van der Waals surface area contributed by atoms with E-state index in [1.165, 1.54) is 37.8 Å². The van der Waals surface area contributed by atoms with Gasteiger partial charge in [-0.15, -0.1) is 0 Å². The minimum atomic E-state index is -0.809. The maximum atomic E-state index is 13.7. The van der Waals surface area contributed by atoms with Crippen molar-refractivity contribution >= 4 is 11.0 Å². The van der Waals surface area contributed by atoms with Crippen LogP contribution in [-0.2, 0) is 6.54 Å². The highest BCUT2D eigenvalue weighted by molar-refractivity contribution is 5.76. The Morgan fingerprint density at radius 1 is 1.09 bits per heavy atom. The third kappa shape index (κ3) is 2.87.